The Balaban J connectivity index is 0.000000338. The Bertz CT molecular complexity index is 675. The van der Waals surface area contributed by atoms with Crippen molar-refractivity contribution in [3.05, 3.63) is 65.2 Å². The second kappa shape index (κ2) is 7.90. The molecule has 0 bridgehead atoms. The molecule has 0 heterocycles. The average molecular weight is 399 g/mol. The Morgan fingerprint density at radius 3 is 2.09 bits per heavy atom. The Labute approximate surface area is 157 Å². The summed E-state index contributed by atoms with van der Waals surface area (Å²) in [4.78, 5) is 0. The Kier molecular flexibility index (Phi) is 6.40. The Hall–Kier alpha value is -0.720. The molecular formula is C21H27SiZr. The van der Waals surface area contributed by atoms with E-state index in [1.165, 1.54) is 28.7 Å². The zero-order valence-electron chi connectivity index (χ0n) is 15.0. The fourth-order valence-electron chi connectivity index (χ4n) is 2.64. The van der Waals surface area contributed by atoms with Gasteiger partial charge in [0.2, 0.25) is 0 Å². The van der Waals surface area contributed by atoms with Crippen LogP contribution in [0.4, 0.5) is 0 Å². The summed E-state index contributed by atoms with van der Waals surface area (Å²) >= 11 is 1.60. The van der Waals surface area contributed by atoms with Gasteiger partial charge in [-0.15, -0.1) is 0 Å². The summed E-state index contributed by atoms with van der Waals surface area (Å²) in [5, 5.41) is 0. The molecule has 2 aromatic carbocycles. The molecule has 1 aliphatic rings. The molecule has 0 aromatic heterocycles. The van der Waals surface area contributed by atoms with E-state index >= 15 is 0 Å². The smallest absolute Gasteiger partial charge is 0.0411 e. The Morgan fingerprint density at radius 1 is 0.913 bits per heavy atom. The van der Waals surface area contributed by atoms with E-state index in [1.807, 2.05) is 0 Å². The van der Waals surface area contributed by atoms with Gasteiger partial charge in [-0.2, -0.15) is 0 Å². The van der Waals surface area contributed by atoms with Crippen LogP contribution in [0, 0.1) is 0 Å². The first kappa shape index (κ1) is 18.6. The van der Waals surface area contributed by atoms with Crippen molar-refractivity contribution in [3.63, 3.8) is 0 Å². The third kappa shape index (κ3) is 5.13. The monoisotopic (exact) mass is 397 g/mol. The van der Waals surface area contributed by atoms with Gasteiger partial charge in [0.05, 0.1) is 0 Å². The Morgan fingerprint density at radius 2 is 1.52 bits per heavy atom. The van der Waals surface area contributed by atoms with Crippen molar-refractivity contribution in [1.29, 1.82) is 0 Å². The molecule has 23 heavy (non-hydrogen) atoms. The molecule has 2 aromatic rings. The van der Waals surface area contributed by atoms with Gasteiger partial charge in [0.25, 0.3) is 0 Å². The average Bonchev–Trinajstić information content (AvgIpc) is 2.83. The van der Waals surface area contributed by atoms with Gasteiger partial charge in [-0.05, 0) is 0 Å². The summed E-state index contributed by atoms with van der Waals surface area (Å²) in [6, 6.07) is 17.4. The van der Waals surface area contributed by atoms with Crippen LogP contribution in [-0.4, -0.2) is 8.07 Å². The van der Waals surface area contributed by atoms with Gasteiger partial charge in [0.1, 0.15) is 0 Å². The van der Waals surface area contributed by atoms with Crippen LogP contribution in [0.5, 0.6) is 0 Å². The zero-order chi connectivity index (χ0) is 17.0. The first-order chi connectivity index (χ1) is 10.8. The number of fused-ring (bicyclic) bond motifs is 1. The van der Waals surface area contributed by atoms with Crippen LogP contribution in [-0.2, 0) is 24.7 Å². The summed E-state index contributed by atoms with van der Waals surface area (Å²) in [5.74, 6) is 0. The predicted octanol–water partition coefficient (Wildman–Crippen LogP) is 6.70. The van der Waals surface area contributed by atoms with Gasteiger partial charge in [-0.3, -0.25) is 0 Å². The third-order valence-electron chi connectivity index (χ3n) is 3.64. The summed E-state index contributed by atoms with van der Waals surface area (Å²) in [6.45, 7) is 11.6. The predicted molar refractivity (Wildman–Crippen MR) is 102 cm³/mol. The van der Waals surface area contributed by atoms with Crippen molar-refractivity contribution in [1.82, 2.24) is 0 Å². The molecule has 1 unspecified atom stereocenters. The number of hydrogen-bond donors (Lipinski definition) is 0. The van der Waals surface area contributed by atoms with Crippen LogP contribution in [0.3, 0.4) is 0 Å². The normalized spacial score (nSPS) is 16.2. The van der Waals surface area contributed by atoms with Gasteiger partial charge >= 0.3 is 124 Å². The van der Waals surface area contributed by atoms with Gasteiger partial charge in [-0.1, -0.05) is 26.2 Å². The topological polar surface area (TPSA) is 0 Å². The molecular weight excluding hydrogens is 372 g/mol. The van der Waals surface area contributed by atoms with Crippen LogP contribution >= 0.6 is 0 Å². The largest absolute Gasteiger partial charge is 0.0697 e. The van der Waals surface area contributed by atoms with Crippen LogP contribution in [0.15, 0.2) is 54.1 Å². The number of benzene rings is 2. The van der Waals surface area contributed by atoms with Gasteiger partial charge in [-0.25, -0.2) is 0 Å². The van der Waals surface area contributed by atoms with Crippen molar-refractivity contribution >= 4 is 14.1 Å². The number of allylic oxidation sites excluding steroid dienone is 1. The van der Waals surface area contributed by atoms with E-state index in [9.17, 15) is 0 Å². The van der Waals surface area contributed by atoms with E-state index in [0.717, 1.165) is 0 Å². The molecule has 0 radical (unpaired) electrons. The van der Waals surface area contributed by atoms with E-state index in [0.29, 0.717) is 3.63 Å². The van der Waals surface area contributed by atoms with Crippen molar-refractivity contribution in [3.8, 4) is 11.1 Å². The molecule has 0 aliphatic heterocycles. The summed E-state index contributed by atoms with van der Waals surface area (Å²) < 4.78 is 0.667. The number of hydrogen-bond acceptors (Lipinski definition) is 0. The summed E-state index contributed by atoms with van der Waals surface area (Å²) in [5.41, 5.74) is 7.26. The van der Waals surface area contributed by atoms with Crippen LogP contribution in [0.1, 0.15) is 28.1 Å². The molecule has 1 atom stereocenters. The van der Waals surface area contributed by atoms with Crippen molar-refractivity contribution in [2.75, 3.05) is 0 Å². The van der Waals surface area contributed by atoms with E-state index in [-0.39, 0.29) is 0 Å². The zero-order valence-corrected chi connectivity index (χ0v) is 18.4. The van der Waals surface area contributed by atoms with Gasteiger partial charge < -0.3 is 0 Å². The van der Waals surface area contributed by atoms with E-state index in [1.54, 1.807) is 30.3 Å². The minimum atomic E-state index is -0.611. The standard InChI is InChI=1S/C17H15.C4H12Si.Zr/c1-2-13-11-15-9-6-10-16(17(15)12-13)14-7-4-3-5-8-14;1-5(2,3)4;/h3-12H,2H2,1H3;1-4H3;. The van der Waals surface area contributed by atoms with Crippen LogP contribution in [0.2, 0.25) is 26.2 Å². The molecule has 3 rings (SSSR count). The molecule has 0 nitrogen and oxygen atoms in total. The van der Waals surface area contributed by atoms with Gasteiger partial charge in [0.15, 0.2) is 0 Å². The maximum Gasteiger partial charge on any atom is 0.0411 e. The van der Waals surface area contributed by atoms with Crippen LogP contribution < -0.4 is 0 Å². The molecule has 0 saturated carbocycles. The molecule has 0 amide bonds. The third-order valence-corrected chi connectivity index (χ3v) is 5.32. The maximum atomic E-state index is 2.41. The maximum absolute atomic E-state index is 2.41. The van der Waals surface area contributed by atoms with E-state index in [2.05, 4.69) is 87.7 Å². The molecule has 2 heteroatoms. The quantitative estimate of drug-likeness (QED) is 0.493. The SMILES string of the molecule is CCC1=Cc2c(-c3ccccc3)cccc2[CH]1[Zr].C[Si](C)(C)C. The van der Waals surface area contributed by atoms with Crippen molar-refractivity contribution in [2.24, 2.45) is 0 Å². The van der Waals surface area contributed by atoms with Crippen molar-refractivity contribution < 1.29 is 24.7 Å². The minimum absolute atomic E-state index is 0.611. The molecule has 0 fully saturated rings. The van der Waals surface area contributed by atoms with Crippen LogP contribution in [0.25, 0.3) is 17.2 Å². The summed E-state index contributed by atoms with van der Waals surface area (Å²) in [6.07, 6.45) is 3.58. The summed E-state index contributed by atoms with van der Waals surface area (Å²) in [7, 11) is -0.611. The fourth-order valence-corrected chi connectivity index (χ4v) is 3.97. The van der Waals surface area contributed by atoms with E-state index < -0.39 is 8.07 Å². The molecule has 119 valence electrons. The second-order valence-corrected chi connectivity index (χ2v) is 15.1. The van der Waals surface area contributed by atoms with E-state index in [4.69, 9.17) is 0 Å². The molecule has 0 saturated heterocycles. The van der Waals surface area contributed by atoms with Crippen molar-refractivity contribution in [2.45, 2.75) is 43.2 Å². The second-order valence-electron chi connectivity index (χ2n) is 7.68. The first-order valence-electron chi connectivity index (χ1n) is 8.41. The van der Waals surface area contributed by atoms with Gasteiger partial charge in [0, 0.05) is 8.07 Å². The fraction of sp³-hybridized carbons (Fsp3) is 0.333. The first-order valence-corrected chi connectivity index (χ1v) is 13.8. The molecule has 1 aliphatic carbocycles. The number of rotatable bonds is 2. The molecule has 0 spiro atoms. The minimum Gasteiger partial charge on any atom is -0.0697 e. The molecule has 0 N–H and O–H groups in total.